The van der Waals surface area contributed by atoms with Gasteiger partial charge in [0, 0.05) is 18.0 Å². The Morgan fingerprint density at radius 3 is 2.45 bits per heavy atom. The number of rotatable bonds is 10. The van der Waals surface area contributed by atoms with E-state index in [2.05, 4.69) is 59.4 Å². The van der Waals surface area contributed by atoms with Gasteiger partial charge in [-0.05, 0) is 80.7 Å². The molecule has 0 spiro atoms. The molecule has 1 heterocycles. The van der Waals surface area contributed by atoms with Crippen molar-refractivity contribution in [3.63, 3.8) is 0 Å². The maximum atomic E-state index is 12.4. The summed E-state index contributed by atoms with van der Waals surface area (Å²) in [5.41, 5.74) is 7.19. The first-order valence-corrected chi connectivity index (χ1v) is 14.3. The standard InChI is InChI=1S/C28H40N2O2S/c1-4-25(5-2)33(31,32)30-18-6-8-22-11-12-23-15-19-29-27(26(23)20-22)28(16-7-17-28)24-13-9-21(3)10-14-24/h9-14,20,25,27,29-30H,4-8,15-19H2,1-3H3. The van der Waals surface area contributed by atoms with Gasteiger partial charge in [0.2, 0.25) is 10.0 Å². The van der Waals surface area contributed by atoms with Gasteiger partial charge >= 0.3 is 0 Å². The van der Waals surface area contributed by atoms with Crippen LogP contribution in [0.4, 0.5) is 0 Å². The Balaban J connectivity index is 1.48. The largest absolute Gasteiger partial charge is 0.309 e. The van der Waals surface area contributed by atoms with Crippen LogP contribution >= 0.6 is 0 Å². The highest BCUT2D eigenvalue weighted by Crippen LogP contribution is 2.53. The Hall–Kier alpha value is -1.69. The van der Waals surface area contributed by atoms with Crippen molar-refractivity contribution in [3.8, 4) is 0 Å². The fraction of sp³-hybridized carbons (Fsp3) is 0.571. The molecule has 2 aromatic carbocycles. The molecule has 0 saturated heterocycles. The van der Waals surface area contributed by atoms with Gasteiger partial charge in [-0.25, -0.2) is 13.1 Å². The molecule has 2 N–H and O–H groups in total. The second-order valence-corrected chi connectivity index (χ2v) is 12.1. The molecule has 1 atom stereocenters. The van der Waals surface area contributed by atoms with E-state index >= 15 is 0 Å². The summed E-state index contributed by atoms with van der Waals surface area (Å²) < 4.78 is 27.7. The SMILES string of the molecule is CCC(CC)S(=O)(=O)NCCCc1ccc2c(c1)C(C1(c3ccc(C)cc3)CCC1)NCC2. The second-order valence-electron chi connectivity index (χ2n) is 10.0. The summed E-state index contributed by atoms with van der Waals surface area (Å²) in [6.07, 6.45) is 7.86. The molecule has 1 saturated carbocycles. The predicted octanol–water partition coefficient (Wildman–Crippen LogP) is 5.34. The van der Waals surface area contributed by atoms with Gasteiger partial charge in [0.25, 0.3) is 0 Å². The van der Waals surface area contributed by atoms with Gasteiger partial charge in [0.05, 0.1) is 5.25 Å². The molecule has 0 radical (unpaired) electrons. The van der Waals surface area contributed by atoms with Crippen molar-refractivity contribution in [3.05, 3.63) is 70.3 Å². The molecule has 2 aliphatic rings. The van der Waals surface area contributed by atoms with Gasteiger partial charge in [-0.1, -0.05) is 68.3 Å². The third kappa shape index (κ3) is 5.06. The first-order valence-electron chi connectivity index (χ1n) is 12.8. The van der Waals surface area contributed by atoms with Crippen LogP contribution in [0, 0.1) is 6.92 Å². The van der Waals surface area contributed by atoms with E-state index in [9.17, 15) is 8.42 Å². The Bertz CT molecular complexity index is 1040. The summed E-state index contributed by atoms with van der Waals surface area (Å²) >= 11 is 0. The van der Waals surface area contributed by atoms with E-state index in [1.54, 1.807) is 0 Å². The van der Waals surface area contributed by atoms with Crippen molar-refractivity contribution in [2.45, 2.75) is 88.8 Å². The number of sulfonamides is 1. The fourth-order valence-corrected chi connectivity index (χ4v) is 7.33. The molecule has 1 unspecified atom stereocenters. The van der Waals surface area contributed by atoms with Gasteiger partial charge in [-0.2, -0.15) is 0 Å². The van der Waals surface area contributed by atoms with Gasteiger partial charge in [0.15, 0.2) is 0 Å². The average Bonchev–Trinajstić information content (AvgIpc) is 2.78. The number of hydrogen-bond acceptors (Lipinski definition) is 3. The van der Waals surface area contributed by atoms with Crippen LogP contribution in [0.2, 0.25) is 0 Å². The lowest BCUT2D eigenvalue weighted by Crippen LogP contribution is -2.49. The van der Waals surface area contributed by atoms with E-state index in [4.69, 9.17) is 0 Å². The molecule has 1 fully saturated rings. The lowest BCUT2D eigenvalue weighted by atomic mass is 9.57. The highest BCUT2D eigenvalue weighted by Gasteiger charge is 2.47. The third-order valence-corrected chi connectivity index (χ3v) is 10.1. The van der Waals surface area contributed by atoms with E-state index < -0.39 is 10.0 Å². The van der Waals surface area contributed by atoms with E-state index in [1.165, 1.54) is 47.1 Å². The molecule has 0 amide bonds. The monoisotopic (exact) mass is 468 g/mol. The number of fused-ring (bicyclic) bond motifs is 1. The van der Waals surface area contributed by atoms with Crippen LogP contribution in [-0.2, 0) is 28.3 Å². The van der Waals surface area contributed by atoms with Crippen molar-refractivity contribution in [1.82, 2.24) is 10.0 Å². The Morgan fingerprint density at radius 2 is 1.82 bits per heavy atom. The summed E-state index contributed by atoms with van der Waals surface area (Å²) in [5.74, 6) is 0. The van der Waals surface area contributed by atoms with Crippen molar-refractivity contribution in [2.24, 2.45) is 0 Å². The van der Waals surface area contributed by atoms with Crippen LogP contribution in [0.1, 0.15) is 86.2 Å². The minimum atomic E-state index is -3.21. The smallest absolute Gasteiger partial charge is 0.214 e. The van der Waals surface area contributed by atoms with Crippen LogP contribution in [0.3, 0.4) is 0 Å². The first-order chi connectivity index (χ1) is 15.9. The second kappa shape index (κ2) is 10.3. The molecule has 1 aliphatic heterocycles. The van der Waals surface area contributed by atoms with Crippen molar-refractivity contribution in [1.29, 1.82) is 0 Å². The summed E-state index contributed by atoms with van der Waals surface area (Å²) in [4.78, 5) is 0. The number of hydrogen-bond donors (Lipinski definition) is 2. The Kier molecular flexibility index (Phi) is 7.62. The minimum Gasteiger partial charge on any atom is -0.309 e. The number of benzene rings is 2. The number of aryl methyl sites for hydroxylation is 2. The quantitative estimate of drug-likeness (QED) is 0.463. The van der Waals surface area contributed by atoms with Crippen LogP contribution in [0.5, 0.6) is 0 Å². The molecule has 4 rings (SSSR count). The molecule has 0 bridgehead atoms. The summed E-state index contributed by atoms with van der Waals surface area (Å²) in [5, 5.41) is 3.60. The molecule has 33 heavy (non-hydrogen) atoms. The molecular formula is C28H40N2O2S. The van der Waals surface area contributed by atoms with E-state index in [-0.39, 0.29) is 10.7 Å². The molecule has 0 aromatic heterocycles. The van der Waals surface area contributed by atoms with Crippen LogP contribution < -0.4 is 10.0 Å². The minimum absolute atomic E-state index is 0.187. The van der Waals surface area contributed by atoms with E-state index in [0.29, 0.717) is 25.4 Å². The predicted molar refractivity (Wildman–Crippen MR) is 137 cm³/mol. The Morgan fingerprint density at radius 1 is 1.09 bits per heavy atom. The van der Waals surface area contributed by atoms with Crippen molar-refractivity contribution >= 4 is 10.0 Å². The number of nitrogens with one attached hydrogen (secondary N) is 2. The van der Waals surface area contributed by atoms with Gasteiger partial charge in [0.1, 0.15) is 0 Å². The molecular weight excluding hydrogens is 428 g/mol. The summed E-state index contributed by atoms with van der Waals surface area (Å²) in [6, 6.07) is 16.5. The highest BCUT2D eigenvalue weighted by atomic mass is 32.2. The van der Waals surface area contributed by atoms with Gasteiger partial charge < -0.3 is 5.32 Å². The molecule has 1 aliphatic carbocycles. The molecule has 2 aromatic rings. The zero-order valence-corrected chi connectivity index (χ0v) is 21.3. The van der Waals surface area contributed by atoms with Crippen molar-refractivity contribution in [2.75, 3.05) is 13.1 Å². The van der Waals surface area contributed by atoms with Gasteiger partial charge in [-0.3, -0.25) is 0 Å². The molecule has 4 nitrogen and oxygen atoms in total. The zero-order valence-electron chi connectivity index (χ0n) is 20.5. The Labute approximate surface area is 200 Å². The van der Waals surface area contributed by atoms with Crippen LogP contribution in [-0.4, -0.2) is 26.8 Å². The van der Waals surface area contributed by atoms with Crippen molar-refractivity contribution < 1.29 is 8.42 Å². The fourth-order valence-electron chi connectivity index (χ4n) is 5.79. The summed E-state index contributed by atoms with van der Waals surface area (Å²) in [6.45, 7) is 7.57. The zero-order chi connectivity index (χ0) is 23.5. The van der Waals surface area contributed by atoms with Crippen LogP contribution in [0.25, 0.3) is 0 Å². The normalized spacial score (nSPS) is 19.8. The maximum absolute atomic E-state index is 12.4. The maximum Gasteiger partial charge on any atom is 0.214 e. The first kappa shape index (κ1) is 24.4. The lowest BCUT2D eigenvalue weighted by molar-refractivity contribution is 0.164. The van der Waals surface area contributed by atoms with E-state index in [1.807, 2.05) is 13.8 Å². The highest BCUT2D eigenvalue weighted by molar-refractivity contribution is 7.90. The average molecular weight is 469 g/mol. The third-order valence-electron chi connectivity index (χ3n) is 7.98. The molecule has 180 valence electrons. The van der Waals surface area contributed by atoms with E-state index in [0.717, 1.165) is 25.8 Å². The topological polar surface area (TPSA) is 58.2 Å². The molecule has 5 heteroatoms. The van der Waals surface area contributed by atoms with Crippen LogP contribution in [0.15, 0.2) is 42.5 Å². The lowest BCUT2D eigenvalue weighted by Gasteiger charge is -2.50. The van der Waals surface area contributed by atoms with Gasteiger partial charge in [-0.15, -0.1) is 0 Å². The summed E-state index contributed by atoms with van der Waals surface area (Å²) in [7, 11) is -3.21.